The molecule has 0 amide bonds. The number of ether oxygens (including phenoxy) is 1. The molecule has 0 radical (unpaired) electrons. The van der Waals surface area contributed by atoms with E-state index >= 15 is 0 Å². The number of esters is 1. The molecule has 5 nitrogen and oxygen atoms in total. The van der Waals surface area contributed by atoms with E-state index < -0.39 is 6.04 Å². The van der Waals surface area contributed by atoms with Crippen LogP contribution in [0.25, 0.3) is 16.9 Å². The van der Waals surface area contributed by atoms with Crippen molar-refractivity contribution < 1.29 is 9.53 Å². The lowest BCUT2D eigenvalue weighted by molar-refractivity contribution is -0.144. The van der Waals surface area contributed by atoms with E-state index in [1.54, 1.807) is 0 Å². The fourth-order valence-corrected chi connectivity index (χ4v) is 3.64. The van der Waals surface area contributed by atoms with E-state index in [-0.39, 0.29) is 5.97 Å². The minimum atomic E-state index is -0.706. The van der Waals surface area contributed by atoms with Crippen LogP contribution < -0.4 is 5.32 Å². The molecule has 0 bridgehead atoms. The highest BCUT2D eigenvalue weighted by atomic mass is 127. The zero-order valence-corrected chi connectivity index (χ0v) is 18.0. The maximum absolute atomic E-state index is 13.0. The van der Waals surface area contributed by atoms with Gasteiger partial charge in [-0.05, 0) is 65.9 Å². The maximum Gasteiger partial charge on any atom is 0.334 e. The van der Waals surface area contributed by atoms with Crippen LogP contribution in [0.2, 0.25) is 0 Å². The molecule has 1 N–H and O–H groups in total. The average Bonchev–Trinajstić information content (AvgIpc) is 3.13. The standard InChI is InChI=1S/C23H20IN3O2/c1-2-29-23(28)21(25-18-13-11-17(24)12-14-18)22-20(16-8-4-3-5-9-16)26-19-10-6-7-15-27(19)22/h3-15,21,25H,2H2,1H3. The number of pyridine rings is 1. The molecule has 1 unspecified atom stereocenters. The topological polar surface area (TPSA) is 55.6 Å². The van der Waals surface area contributed by atoms with E-state index in [0.717, 1.165) is 31.9 Å². The minimum Gasteiger partial charge on any atom is -0.464 e. The van der Waals surface area contributed by atoms with Gasteiger partial charge in [-0.1, -0.05) is 36.4 Å². The molecule has 4 rings (SSSR count). The smallest absolute Gasteiger partial charge is 0.334 e. The lowest BCUT2D eigenvalue weighted by atomic mass is 10.1. The molecule has 29 heavy (non-hydrogen) atoms. The van der Waals surface area contributed by atoms with Crippen LogP contribution in [0, 0.1) is 3.57 Å². The fourth-order valence-electron chi connectivity index (χ4n) is 3.28. The molecule has 2 aromatic carbocycles. The van der Waals surface area contributed by atoms with Gasteiger partial charge in [0.05, 0.1) is 18.0 Å². The summed E-state index contributed by atoms with van der Waals surface area (Å²) in [6.07, 6.45) is 1.92. The molecule has 0 saturated heterocycles. The van der Waals surface area contributed by atoms with Gasteiger partial charge in [-0.15, -0.1) is 0 Å². The van der Waals surface area contributed by atoms with Crippen molar-refractivity contribution in [3.63, 3.8) is 0 Å². The predicted molar refractivity (Wildman–Crippen MR) is 123 cm³/mol. The number of halogens is 1. The van der Waals surface area contributed by atoms with Gasteiger partial charge in [0.2, 0.25) is 0 Å². The molecular formula is C23H20IN3O2. The van der Waals surface area contributed by atoms with Gasteiger partial charge in [0, 0.05) is 21.0 Å². The van der Waals surface area contributed by atoms with Crippen LogP contribution >= 0.6 is 22.6 Å². The zero-order chi connectivity index (χ0) is 20.2. The van der Waals surface area contributed by atoms with Crippen molar-refractivity contribution in [2.45, 2.75) is 13.0 Å². The first-order valence-electron chi connectivity index (χ1n) is 9.38. The van der Waals surface area contributed by atoms with Crippen LogP contribution in [0.3, 0.4) is 0 Å². The first-order chi connectivity index (χ1) is 14.2. The second-order valence-corrected chi connectivity index (χ2v) is 7.72. The lowest BCUT2D eigenvalue weighted by Gasteiger charge is -2.20. The van der Waals surface area contributed by atoms with Crippen molar-refractivity contribution in [2.75, 3.05) is 11.9 Å². The van der Waals surface area contributed by atoms with Crippen LogP contribution in [0.1, 0.15) is 18.7 Å². The third-order valence-electron chi connectivity index (χ3n) is 4.57. The summed E-state index contributed by atoms with van der Waals surface area (Å²) in [5.74, 6) is -0.339. The number of carbonyl (C=O) groups excluding carboxylic acids is 1. The number of hydrogen-bond acceptors (Lipinski definition) is 4. The van der Waals surface area contributed by atoms with Crippen molar-refractivity contribution in [2.24, 2.45) is 0 Å². The normalized spacial score (nSPS) is 11.9. The molecular weight excluding hydrogens is 477 g/mol. The van der Waals surface area contributed by atoms with Gasteiger partial charge in [0.15, 0.2) is 6.04 Å². The Labute approximate surface area is 182 Å². The summed E-state index contributed by atoms with van der Waals surface area (Å²) < 4.78 is 8.49. The molecule has 0 fully saturated rings. The quantitative estimate of drug-likeness (QED) is 0.290. The number of fused-ring (bicyclic) bond motifs is 1. The van der Waals surface area contributed by atoms with Crippen LogP contribution in [-0.4, -0.2) is 22.0 Å². The summed E-state index contributed by atoms with van der Waals surface area (Å²) in [7, 11) is 0. The Bertz CT molecular complexity index is 1120. The molecule has 2 heterocycles. The van der Waals surface area contributed by atoms with Crippen molar-refractivity contribution in [1.82, 2.24) is 9.38 Å². The summed E-state index contributed by atoms with van der Waals surface area (Å²) >= 11 is 2.26. The Kier molecular flexibility index (Phi) is 5.80. The Hall–Kier alpha value is -2.87. The largest absolute Gasteiger partial charge is 0.464 e. The number of carbonyl (C=O) groups is 1. The predicted octanol–water partition coefficient (Wildman–Crippen LogP) is 5.32. The SMILES string of the molecule is CCOC(=O)C(Nc1ccc(I)cc1)c1c(-c2ccccc2)nc2ccccn12. The van der Waals surface area contributed by atoms with E-state index in [4.69, 9.17) is 9.72 Å². The Morgan fingerprint density at radius 2 is 1.79 bits per heavy atom. The van der Waals surface area contributed by atoms with Crippen molar-refractivity contribution in [1.29, 1.82) is 0 Å². The van der Waals surface area contributed by atoms with Crippen LogP contribution in [0.4, 0.5) is 5.69 Å². The van der Waals surface area contributed by atoms with Crippen LogP contribution in [-0.2, 0) is 9.53 Å². The lowest BCUT2D eigenvalue weighted by Crippen LogP contribution is -2.25. The van der Waals surface area contributed by atoms with Crippen molar-refractivity contribution in [3.05, 3.63) is 88.3 Å². The van der Waals surface area contributed by atoms with Gasteiger partial charge >= 0.3 is 5.97 Å². The van der Waals surface area contributed by atoms with Crippen LogP contribution in [0.5, 0.6) is 0 Å². The Balaban J connectivity index is 1.88. The molecule has 0 saturated carbocycles. The van der Waals surface area contributed by atoms with E-state index in [9.17, 15) is 4.79 Å². The number of aromatic nitrogens is 2. The van der Waals surface area contributed by atoms with Gasteiger partial charge in [-0.25, -0.2) is 9.78 Å². The number of anilines is 1. The van der Waals surface area contributed by atoms with E-state index in [1.165, 1.54) is 0 Å². The Morgan fingerprint density at radius 1 is 1.07 bits per heavy atom. The zero-order valence-electron chi connectivity index (χ0n) is 15.9. The molecule has 6 heteroatoms. The van der Waals surface area contributed by atoms with Gasteiger partial charge in [-0.2, -0.15) is 0 Å². The molecule has 4 aromatic rings. The summed E-state index contributed by atoms with van der Waals surface area (Å²) in [6.45, 7) is 2.12. The molecule has 0 aliphatic heterocycles. The second-order valence-electron chi connectivity index (χ2n) is 6.48. The van der Waals surface area contributed by atoms with Gasteiger partial charge in [-0.3, -0.25) is 0 Å². The highest BCUT2D eigenvalue weighted by Crippen LogP contribution is 2.32. The third kappa shape index (κ3) is 4.12. The second kappa shape index (κ2) is 8.65. The molecule has 0 aliphatic carbocycles. The summed E-state index contributed by atoms with van der Waals surface area (Å²) in [5, 5.41) is 3.36. The monoisotopic (exact) mass is 497 g/mol. The summed E-state index contributed by atoms with van der Waals surface area (Å²) in [5.41, 5.74) is 4.08. The first kappa shape index (κ1) is 19.4. The molecule has 0 aliphatic rings. The van der Waals surface area contributed by atoms with E-state index in [0.29, 0.717) is 6.61 Å². The third-order valence-corrected chi connectivity index (χ3v) is 5.28. The average molecular weight is 497 g/mol. The van der Waals surface area contributed by atoms with E-state index in [2.05, 4.69) is 27.9 Å². The molecule has 0 spiro atoms. The van der Waals surface area contributed by atoms with Gasteiger partial charge in [0.1, 0.15) is 5.65 Å². The molecule has 1 atom stereocenters. The number of nitrogens with zero attached hydrogens (tertiary/aromatic N) is 2. The molecule has 146 valence electrons. The van der Waals surface area contributed by atoms with Gasteiger partial charge in [0.25, 0.3) is 0 Å². The van der Waals surface area contributed by atoms with Gasteiger partial charge < -0.3 is 14.5 Å². The minimum absolute atomic E-state index is 0.307. The highest BCUT2D eigenvalue weighted by molar-refractivity contribution is 14.1. The maximum atomic E-state index is 13.0. The Morgan fingerprint density at radius 3 is 2.52 bits per heavy atom. The molecule has 2 aromatic heterocycles. The highest BCUT2D eigenvalue weighted by Gasteiger charge is 2.29. The van der Waals surface area contributed by atoms with Crippen LogP contribution in [0.15, 0.2) is 79.0 Å². The summed E-state index contributed by atoms with van der Waals surface area (Å²) in [6, 6.07) is 22.9. The fraction of sp³-hybridized carbons (Fsp3) is 0.130. The number of benzene rings is 2. The van der Waals surface area contributed by atoms with E-state index in [1.807, 2.05) is 90.3 Å². The summed E-state index contributed by atoms with van der Waals surface area (Å²) in [4.78, 5) is 17.8. The number of hydrogen-bond donors (Lipinski definition) is 1. The number of rotatable bonds is 6. The van der Waals surface area contributed by atoms with Crippen molar-refractivity contribution in [3.8, 4) is 11.3 Å². The first-order valence-corrected chi connectivity index (χ1v) is 10.5. The number of nitrogens with one attached hydrogen (secondary N) is 1. The number of imidazole rings is 1. The van der Waals surface area contributed by atoms with Crippen molar-refractivity contribution >= 4 is 39.9 Å².